The van der Waals surface area contributed by atoms with Crippen LogP contribution in [0.15, 0.2) is 42.5 Å². The lowest BCUT2D eigenvalue weighted by atomic mass is 10.2. The van der Waals surface area contributed by atoms with Crippen molar-refractivity contribution in [1.82, 2.24) is 9.78 Å². The van der Waals surface area contributed by atoms with Crippen LogP contribution >= 0.6 is 11.3 Å². The number of hydrogen-bond acceptors (Lipinski definition) is 5. The molecule has 0 unspecified atom stereocenters. The van der Waals surface area contributed by atoms with Crippen LogP contribution in [0.5, 0.6) is 0 Å². The molecular weight excluding hydrogens is 298 g/mol. The van der Waals surface area contributed by atoms with Crippen LogP contribution in [-0.2, 0) is 4.74 Å². The van der Waals surface area contributed by atoms with E-state index in [1.807, 2.05) is 19.1 Å². The number of carbonyl (C=O) groups excluding carboxylic acids is 1. The van der Waals surface area contributed by atoms with E-state index in [1.165, 1.54) is 18.4 Å². The number of ether oxygens (including phenoxy) is 1. The Kier molecular flexibility index (Phi) is 5.06. The van der Waals surface area contributed by atoms with Gasteiger partial charge in [-0.3, -0.25) is 4.99 Å². The fourth-order valence-corrected chi connectivity index (χ4v) is 2.90. The van der Waals surface area contributed by atoms with Crippen molar-refractivity contribution in [3.05, 3.63) is 58.4 Å². The minimum absolute atomic E-state index is 0.378. The number of rotatable bonds is 5. The molecule has 0 aliphatic heterocycles. The third kappa shape index (κ3) is 3.07. The number of aromatic nitrogens is 2. The van der Waals surface area contributed by atoms with Gasteiger partial charge in [0.15, 0.2) is 0 Å². The second-order valence-corrected chi connectivity index (χ2v) is 5.38. The average Bonchev–Trinajstić information content (AvgIpc) is 2.98. The highest BCUT2D eigenvalue weighted by Crippen LogP contribution is 2.29. The lowest BCUT2D eigenvalue weighted by Crippen LogP contribution is -2.22. The molecule has 2 rings (SSSR count). The second kappa shape index (κ2) is 7.00. The molecule has 5 nitrogen and oxygen atoms in total. The Labute approximate surface area is 132 Å². The summed E-state index contributed by atoms with van der Waals surface area (Å²) in [4.78, 5) is 17.4. The molecule has 0 bridgehead atoms. The van der Waals surface area contributed by atoms with E-state index in [0.717, 1.165) is 10.4 Å². The van der Waals surface area contributed by atoms with Gasteiger partial charge in [0, 0.05) is 23.2 Å². The molecule has 0 atom stereocenters. The highest BCUT2D eigenvalue weighted by atomic mass is 32.1. The molecule has 2 aromatic heterocycles. The molecule has 2 aromatic rings. The van der Waals surface area contributed by atoms with E-state index in [2.05, 4.69) is 23.2 Å². The van der Waals surface area contributed by atoms with E-state index < -0.39 is 0 Å². The highest BCUT2D eigenvalue weighted by molar-refractivity contribution is 7.15. The molecule has 0 spiro atoms. The third-order valence-corrected chi connectivity index (χ3v) is 4.06. The van der Waals surface area contributed by atoms with Crippen LogP contribution in [0.3, 0.4) is 0 Å². The van der Waals surface area contributed by atoms with Crippen molar-refractivity contribution in [2.45, 2.75) is 6.92 Å². The molecule has 22 heavy (non-hydrogen) atoms. The van der Waals surface area contributed by atoms with Gasteiger partial charge in [-0.2, -0.15) is 5.10 Å². The summed E-state index contributed by atoms with van der Waals surface area (Å²) in [5.41, 5.74) is 2.13. The van der Waals surface area contributed by atoms with Gasteiger partial charge in [-0.05, 0) is 25.1 Å². The van der Waals surface area contributed by atoms with Crippen LogP contribution < -0.4 is 5.49 Å². The van der Waals surface area contributed by atoms with Crippen molar-refractivity contribution in [2.75, 3.05) is 13.7 Å². The summed E-state index contributed by atoms with van der Waals surface area (Å²) in [6, 6.07) is 5.43. The van der Waals surface area contributed by atoms with Gasteiger partial charge < -0.3 is 4.74 Å². The Morgan fingerprint density at radius 3 is 3.00 bits per heavy atom. The molecule has 0 fully saturated rings. The lowest BCUT2D eigenvalue weighted by Gasteiger charge is -2.08. The van der Waals surface area contributed by atoms with E-state index in [0.29, 0.717) is 22.6 Å². The SMILES string of the molecule is C=Cc1sc(C(=O)OC)cc1C(=C)n1ncccc1=NCC. The van der Waals surface area contributed by atoms with Crippen LogP contribution in [-0.4, -0.2) is 29.4 Å². The first-order valence-corrected chi connectivity index (χ1v) is 7.53. The van der Waals surface area contributed by atoms with Gasteiger partial charge in [-0.25, -0.2) is 9.48 Å². The first-order chi connectivity index (χ1) is 10.6. The number of hydrogen-bond donors (Lipinski definition) is 0. The first kappa shape index (κ1) is 15.9. The van der Waals surface area contributed by atoms with Gasteiger partial charge in [0.2, 0.25) is 0 Å². The molecule has 0 saturated heterocycles. The summed E-state index contributed by atoms with van der Waals surface area (Å²) in [6.07, 6.45) is 3.36. The summed E-state index contributed by atoms with van der Waals surface area (Å²) in [6.45, 7) is 10.5. The Bertz CT molecular complexity index is 787. The zero-order valence-electron chi connectivity index (χ0n) is 12.6. The Balaban J connectivity index is 2.55. The summed E-state index contributed by atoms with van der Waals surface area (Å²) in [7, 11) is 1.36. The van der Waals surface area contributed by atoms with Crippen molar-refractivity contribution >= 4 is 29.1 Å². The molecular formula is C16H17N3O2S. The monoisotopic (exact) mass is 315 g/mol. The highest BCUT2D eigenvalue weighted by Gasteiger charge is 2.16. The topological polar surface area (TPSA) is 56.5 Å². The van der Waals surface area contributed by atoms with Gasteiger partial charge >= 0.3 is 5.97 Å². The van der Waals surface area contributed by atoms with Gasteiger partial charge in [0.25, 0.3) is 0 Å². The Morgan fingerprint density at radius 1 is 1.59 bits per heavy atom. The normalized spacial score (nSPS) is 11.3. The summed E-state index contributed by atoms with van der Waals surface area (Å²) in [5.74, 6) is -0.378. The van der Waals surface area contributed by atoms with Gasteiger partial charge in [-0.1, -0.05) is 19.2 Å². The average molecular weight is 315 g/mol. The van der Waals surface area contributed by atoms with Crippen LogP contribution in [0.25, 0.3) is 11.8 Å². The zero-order valence-corrected chi connectivity index (χ0v) is 13.4. The molecule has 0 N–H and O–H groups in total. The number of methoxy groups -OCH3 is 1. The van der Waals surface area contributed by atoms with Crippen LogP contribution in [0.2, 0.25) is 0 Å². The molecule has 0 aliphatic carbocycles. The summed E-state index contributed by atoms with van der Waals surface area (Å²) in [5, 5.41) is 4.30. The predicted molar refractivity (Wildman–Crippen MR) is 88.5 cm³/mol. The first-order valence-electron chi connectivity index (χ1n) is 6.71. The summed E-state index contributed by atoms with van der Waals surface area (Å²) < 4.78 is 6.42. The second-order valence-electron chi connectivity index (χ2n) is 4.30. The standard InChI is InChI=1S/C16H17N3O2S/c1-5-13-12(10-14(22-13)16(20)21-4)11(3)19-15(17-6-2)8-7-9-18-19/h5,7-10H,1,3,6H2,2,4H3. The Hall–Kier alpha value is -2.47. The van der Waals surface area contributed by atoms with Gasteiger partial charge in [0.1, 0.15) is 10.4 Å². The maximum atomic E-state index is 11.7. The molecule has 0 radical (unpaired) electrons. The quantitative estimate of drug-likeness (QED) is 0.797. The van der Waals surface area contributed by atoms with Crippen LogP contribution in [0, 0.1) is 0 Å². The van der Waals surface area contributed by atoms with E-state index >= 15 is 0 Å². The third-order valence-electron chi connectivity index (χ3n) is 2.95. The predicted octanol–water partition coefficient (Wildman–Crippen LogP) is 2.81. The maximum absolute atomic E-state index is 11.7. The number of nitrogens with zero attached hydrogens (tertiary/aromatic N) is 3. The summed E-state index contributed by atoms with van der Waals surface area (Å²) >= 11 is 1.31. The van der Waals surface area contributed by atoms with E-state index in [4.69, 9.17) is 4.74 Å². The molecule has 2 heterocycles. The fraction of sp³-hybridized carbons (Fsp3) is 0.188. The molecule has 6 heteroatoms. The minimum Gasteiger partial charge on any atom is -0.465 e. The van der Waals surface area contributed by atoms with Gasteiger partial charge in [-0.15, -0.1) is 11.3 Å². The minimum atomic E-state index is -0.378. The van der Waals surface area contributed by atoms with Crippen molar-refractivity contribution < 1.29 is 9.53 Å². The van der Waals surface area contributed by atoms with E-state index in [1.54, 1.807) is 23.0 Å². The zero-order chi connectivity index (χ0) is 16.1. The molecule has 114 valence electrons. The number of esters is 1. The smallest absolute Gasteiger partial charge is 0.348 e. The van der Waals surface area contributed by atoms with Crippen molar-refractivity contribution in [2.24, 2.45) is 4.99 Å². The van der Waals surface area contributed by atoms with Crippen LogP contribution in [0.1, 0.15) is 27.0 Å². The lowest BCUT2D eigenvalue weighted by molar-refractivity contribution is 0.0606. The number of carbonyl (C=O) groups is 1. The van der Waals surface area contributed by atoms with Crippen LogP contribution in [0.4, 0.5) is 0 Å². The molecule has 0 saturated carbocycles. The number of thiophene rings is 1. The van der Waals surface area contributed by atoms with Crippen molar-refractivity contribution in [1.29, 1.82) is 0 Å². The van der Waals surface area contributed by atoms with Crippen molar-refractivity contribution in [3.8, 4) is 0 Å². The maximum Gasteiger partial charge on any atom is 0.348 e. The Morgan fingerprint density at radius 2 is 2.36 bits per heavy atom. The van der Waals surface area contributed by atoms with E-state index in [-0.39, 0.29) is 5.97 Å². The van der Waals surface area contributed by atoms with E-state index in [9.17, 15) is 4.79 Å². The largest absolute Gasteiger partial charge is 0.465 e. The molecule has 0 aliphatic rings. The van der Waals surface area contributed by atoms with Gasteiger partial charge in [0.05, 0.1) is 12.8 Å². The fourth-order valence-electron chi connectivity index (χ4n) is 1.95. The molecule has 0 amide bonds. The molecule has 0 aromatic carbocycles. The van der Waals surface area contributed by atoms with Crippen molar-refractivity contribution in [3.63, 3.8) is 0 Å².